The van der Waals surface area contributed by atoms with Crippen molar-refractivity contribution in [2.45, 2.75) is 37.6 Å². The Hall–Kier alpha value is -4.64. The molecule has 5 rings (SSSR count). The molecule has 1 amide bonds. The molecule has 1 fully saturated rings. The van der Waals surface area contributed by atoms with Crippen LogP contribution in [0.15, 0.2) is 127 Å². The molecule has 0 unspecified atom stereocenters. The van der Waals surface area contributed by atoms with Crippen molar-refractivity contribution in [3.05, 3.63) is 150 Å². The molecular formula is C34H31NO4. The van der Waals surface area contributed by atoms with Crippen molar-refractivity contribution in [1.29, 1.82) is 0 Å². The Bertz CT molecular complexity index is 1410. The number of esters is 1. The fourth-order valence-corrected chi connectivity index (χ4v) is 4.99. The van der Waals surface area contributed by atoms with Gasteiger partial charge < -0.3 is 9.47 Å². The number of carbonyl (C=O) groups excluding carboxylic acids is 2. The van der Waals surface area contributed by atoms with Crippen molar-refractivity contribution in [2.75, 3.05) is 0 Å². The third-order valence-corrected chi connectivity index (χ3v) is 7.07. The molecule has 0 N–H and O–H groups in total. The number of amides is 1. The summed E-state index contributed by atoms with van der Waals surface area (Å²) >= 11 is 0. The molecule has 4 aromatic rings. The summed E-state index contributed by atoms with van der Waals surface area (Å²) in [6.07, 6.45) is 2.86. The van der Waals surface area contributed by atoms with Crippen LogP contribution in [-0.4, -0.2) is 22.5 Å². The van der Waals surface area contributed by atoms with Gasteiger partial charge in [-0.3, -0.25) is 4.90 Å². The molecule has 0 saturated carbocycles. The number of morpholine rings is 1. The Kier molecular flexibility index (Phi) is 7.88. The first kappa shape index (κ1) is 26.0. The zero-order valence-corrected chi connectivity index (χ0v) is 21.9. The normalized spacial score (nSPS) is 20.9. The van der Waals surface area contributed by atoms with E-state index in [9.17, 15) is 9.59 Å². The summed E-state index contributed by atoms with van der Waals surface area (Å²) in [6.45, 7) is 1.85. The quantitative estimate of drug-likeness (QED) is 0.238. The van der Waals surface area contributed by atoms with Crippen molar-refractivity contribution < 1.29 is 19.1 Å². The van der Waals surface area contributed by atoms with Crippen LogP contribution in [0.4, 0.5) is 4.79 Å². The lowest BCUT2D eigenvalue weighted by molar-refractivity contribution is -0.184. The van der Waals surface area contributed by atoms with E-state index in [1.807, 2.05) is 133 Å². The average molecular weight is 518 g/mol. The maximum absolute atomic E-state index is 14.0. The van der Waals surface area contributed by atoms with Crippen molar-refractivity contribution in [1.82, 2.24) is 4.90 Å². The Labute approximate surface area is 229 Å². The maximum atomic E-state index is 14.0. The first-order valence-corrected chi connectivity index (χ1v) is 13.1. The number of hydrogen-bond donors (Lipinski definition) is 0. The van der Waals surface area contributed by atoms with Gasteiger partial charge in [-0.15, -0.1) is 0 Å². The zero-order valence-electron chi connectivity index (χ0n) is 21.9. The molecule has 3 atom stereocenters. The molecule has 1 saturated heterocycles. The van der Waals surface area contributed by atoms with E-state index in [1.165, 1.54) is 0 Å². The third-order valence-electron chi connectivity index (χ3n) is 7.07. The van der Waals surface area contributed by atoms with E-state index in [0.29, 0.717) is 0 Å². The van der Waals surface area contributed by atoms with Gasteiger partial charge in [-0.2, -0.15) is 0 Å². The lowest BCUT2D eigenvalue weighted by Crippen LogP contribution is -2.62. The van der Waals surface area contributed by atoms with Crippen LogP contribution >= 0.6 is 0 Å². The monoisotopic (exact) mass is 517 g/mol. The van der Waals surface area contributed by atoms with Gasteiger partial charge in [0.15, 0.2) is 6.10 Å². The number of cyclic esters (lactones) is 1. The largest absolute Gasteiger partial charge is 0.453 e. The van der Waals surface area contributed by atoms with E-state index in [4.69, 9.17) is 9.47 Å². The highest BCUT2D eigenvalue weighted by Crippen LogP contribution is 2.47. The van der Waals surface area contributed by atoms with Crippen LogP contribution < -0.4 is 0 Å². The second-order valence-electron chi connectivity index (χ2n) is 9.79. The second-order valence-corrected chi connectivity index (χ2v) is 9.79. The summed E-state index contributed by atoms with van der Waals surface area (Å²) in [4.78, 5) is 29.4. The first-order chi connectivity index (χ1) is 19.1. The van der Waals surface area contributed by atoms with E-state index >= 15 is 0 Å². The smallest absolute Gasteiger partial charge is 0.411 e. The van der Waals surface area contributed by atoms with Gasteiger partial charge >= 0.3 is 12.1 Å². The van der Waals surface area contributed by atoms with E-state index in [1.54, 1.807) is 11.8 Å². The third kappa shape index (κ3) is 5.78. The van der Waals surface area contributed by atoms with Crippen LogP contribution in [0.25, 0.3) is 6.08 Å². The first-order valence-electron chi connectivity index (χ1n) is 13.1. The van der Waals surface area contributed by atoms with Crippen LogP contribution in [0.2, 0.25) is 0 Å². The van der Waals surface area contributed by atoms with E-state index in [2.05, 4.69) is 0 Å². The minimum absolute atomic E-state index is 0.0959. The Morgan fingerprint density at radius 1 is 0.821 bits per heavy atom. The predicted molar refractivity (Wildman–Crippen MR) is 151 cm³/mol. The summed E-state index contributed by atoms with van der Waals surface area (Å²) < 4.78 is 12.0. The lowest BCUT2D eigenvalue weighted by Gasteiger charge is -2.50. The van der Waals surface area contributed by atoms with E-state index < -0.39 is 29.7 Å². The molecule has 4 aromatic carbocycles. The molecule has 5 heteroatoms. The van der Waals surface area contributed by atoms with Gasteiger partial charge in [0.25, 0.3) is 0 Å². The van der Waals surface area contributed by atoms with Crippen LogP contribution in [0, 0.1) is 0 Å². The Morgan fingerprint density at radius 3 is 1.97 bits per heavy atom. The molecule has 0 aliphatic carbocycles. The predicted octanol–water partition coefficient (Wildman–Crippen LogP) is 7.53. The number of rotatable bonds is 7. The number of carbonyl (C=O) groups is 2. The molecule has 39 heavy (non-hydrogen) atoms. The molecule has 0 spiro atoms. The van der Waals surface area contributed by atoms with E-state index in [0.717, 1.165) is 22.3 Å². The highest BCUT2D eigenvalue weighted by atomic mass is 16.6. The van der Waals surface area contributed by atoms with Gasteiger partial charge in [0, 0.05) is 0 Å². The van der Waals surface area contributed by atoms with Gasteiger partial charge in [-0.25, -0.2) is 9.59 Å². The van der Waals surface area contributed by atoms with Crippen LogP contribution in [-0.2, 0) is 20.9 Å². The summed E-state index contributed by atoms with van der Waals surface area (Å²) in [5, 5.41) is 0. The van der Waals surface area contributed by atoms with Gasteiger partial charge in [0.2, 0.25) is 0 Å². The zero-order chi connectivity index (χ0) is 27.1. The van der Waals surface area contributed by atoms with Gasteiger partial charge in [0.05, 0.1) is 0 Å². The number of hydrogen-bond acceptors (Lipinski definition) is 4. The standard InChI is InChI=1S/C34H31NO4/c1-34(24-14-19-26-15-6-2-7-16-26)32(36)39-31(29-22-12-5-13-23-29)30(28-20-10-4-11-21-28)35(34)33(37)38-25-27-17-8-3-9-18-27/h2-23,30-31H,24-25H2,1H3/b19-14+/t30-,31+,34-/m0/s1. The summed E-state index contributed by atoms with van der Waals surface area (Å²) in [5.74, 6) is -0.474. The summed E-state index contributed by atoms with van der Waals surface area (Å²) in [5.41, 5.74) is 2.23. The topological polar surface area (TPSA) is 55.8 Å². The lowest BCUT2D eigenvalue weighted by atomic mass is 9.84. The SMILES string of the molecule is C[C@]1(C/C=C/c2ccccc2)C(=O)O[C@H](c2ccccc2)[C@H](c2ccccc2)N1C(=O)OCc1ccccc1. The molecule has 1 aliphatic rings. The minimum atomic E-state index is -1.30. The average Bonchev–Trinajstić information content (AvgIpc) is 2.99. The van der Waals surface area contributed by atoms with Crippen LogP contribution in [0.1, 0.15) is 47.7 Å². The van der Waals surface area contributed by atoms with Gasteiger partial charge in [-0.05, 0) is 35.6 Å². The molecule has 0 aromatic heterocycles. The Morgan fingerprint density at radius 2 is 1.36 bits per heavy atom. The molecule has 0 radical (unpaired) electrons. The highest BCUT2D eigenvalue weighted by molar-refractivity contribution is 5.87. The fraction of sp³-hybridized carbons (Fsp3) is 0.176. The molecule has 0 bridgehead atoms. The van der Waals surface area contributed by atoms with Gasteiger partial charge in [-0.1, -0.05) is 133 Å². The number of nitrogens with zero attached hydrogens (tertiary/aromatic N) is 1. The minimum Gasteiger partial charge on any atom is -0.453 e. The maximum Gasteiger partial charge on any atom is 0.411 e. The second kappa shape index (κ2) is 11.8. The van der Waals surface area contributed by atoms with Crippen molar-refractivity contribution in [2.24, 2.45) is 0 Å². The molecule has 196 valence electrons. The van der Waals surface area contributed by atoms with Crippen molar-refractivity contribution >= 4 is 18.1 Å². The van der Waals surface area contributed by atoms with E-state index in [-0.39, 0.29) is 13.0 Å². The molecule has 1 aliphatic heterocycles. The van der Waals surface area contributed by atoms with Crippen molar-refractivity contribution in [3.8, 4) is 0 Å². The molecule has 1 heterocycles. The highest BCUT2D eigenvalue weighted by Gasteiger charge is 2.55. The van der Waals surface area contributed by atoms with Crippen molar-refractivity contribution in [3.63, 3.8) is 0 Å². The Balaban J connectivity index is 1.56. The summed E-state index contributed by atoms with van der Waals surface area (Å²) in [7, 11) is 0. The van der Waals surface area contributed by atoms with Crippen LogP contribution in [0.5, 0.6) is 0 Å². The number of benzene rings is 4. The fourth-order valence-electron chi connectivity index (χ4n) is 4.99. The summed E-state index contributed by atoms with van der Waals surface area (Å²) in [6, 6.07) is 38.0. The van der Waals surface area contributed by atoms with Gasteiger partial charge in [0.1, 0.15) is 18.2 Å². The molecular weight excluding hydrogens is 486 g/mol. The number of ether oxygens (including phenoxy) is 2. The molecule has 5 nitrogen and oxygen atoms in total. The van der Waals surface area contributed by atoms with Crippen LogP contribution in [0.3, 0.4) is 0 Å².